The number of esters is 1. The van der Waals surface area contributed by atoms with E-state index in [0.29, 0.717) is 28.4 Å². The molecule has 0 aliphatic heterocycles. The number of alkyl halides is 2. The number of rotatable bonds is 12. The number of anilines is 1. The van der Waals surface area contributed by atoms with Crippen LogP contribution >= 0.6 is 23.2 Å². The van der Waals surface area contributed by atoms with Crippen molar-refractivity contribution < 1.29 is 46.8 Å². The summed E-state index contributed by atoms with van der Waals surface area (Å²) in [5.74, 6) is -0.395. The smallest absolute Gasteiger partial charge is 0.412 e. The molecule has 1 aliphatic rings. The molecule has 1 heterocycles. The molecule has 0 radical (unpaired) electrons. The van der Waals surface area contributed by atoms with Gasteiger partial charge in [-0.3, -0.25) is 5.32 Å². The van der Waals surface area contributed by atoms with Crippen LogP contribution in [0.15, 0.2) is 48.8 Å². The van der Waals surface area contributed by atoms with Crippen molar-refractivity contribution in [1.82, 2.24) is 0 Å². The van der Waals surface area contributed by atoms with Crippen molar-refractivity contribution >= 4 is 41.0 Å². The van der Waals surface area contributed by atoms with Crippen LogP contribution in [0.3, 0.4) is 0 Å². The second kappa shape index (κ2) is 14.4. The highest BCUT2D eigenvalue weighted by Crippen LogP contribution is 2.38. The molecule has 0 saturated heterocycles. The largest absolute Gasteiger partial charge is 0.619 e. The Balaban J connectivity index is 1.68. The Kier molecular flexibility index (Phi) is 10.8. The molecule has 14 heteroatoms. The Labute approximate surface area is 268 Å². The van der Waals surface area contributed by atoms with E-state index in [1.165, 1.54) is 43.5 Å². The van der Waals surface area contributed by atoms with Crippen LogP contribution in [-0.2, 0) is 15.9 Å². The Morgan fingerprint density at radius 2 is 1.71 bits per heavy atom. The Morgan fingerprint density at radius 1 is 1.04 bits per heavy atom. The van der Waals surface area contributed by atoms with Crippen molar-refractivity contribution in [1.29, 1.82) is 0 Å². The van der Waals surface area contributed by atoms with E-state index in [-0.39, 0.29) is 45.0 Å². The average Bonchev–Trinajstić information content (AvgIpc) is 3.77. The number of benzene rings is 2. The zero-order valence-corrected chi connectivity index (χ0v) is 26.4. The van der Waals surface area contributed by atoms with Crippen LogP contribution in [0.2, 0.25) is 10.0 Å². The van der Waals surface area contributed by atoms with E-state index >= 15 is 0 Å². The molecular weight excluding hydrogens is 637 g/mol. The summed E-state index contributed by atoms with van der Waals surface area (Å²) in [5, 5.41) is 14.5. The average molecular weight is 670 g/mol. The number of hydrogen-bond donors (Lipinski definition) is 1. The van der Waals surface area contributed by atoms with Crippen LogP contribution in [0.4, 0.5) is 19.3 Å². The van der Waals surface area contributed by atoms with Gasteiger partial charge in [-0.05, 0) is 75.4 Å². The number of carbonyl (C=O) groups is 2. The van der Waals surface area contributed by atoms with Crippen LogP contribution in [-0.4, -0.2) is 38.0 Å². The molecule has 1 atom stereocenters. The molecule has 1 fully saturated rings. The number of pyridine rings is 1. The number of nitrogens with one attached hydrogen (secondary N) is 1. The minimum atomic E-state index is -3.09. The molecule has 1 aliphatic carbocycles. The molecule has 0 spiro atoms. The van der Waals surface area contributed by atoms with Crippen molar-refractivity contribution in [3.63, 3.8) is 0 Å². The number of methoxy groups -OCH3 is 1. The van der Waals surface area contributed by atoms with Crippen molar-refractivity contribution in [2.45, 2.75) is 58.4 Å². The van der Waals surface area contributed by atoms with Crippen molar-refractivity contribution in [2.75, 3.05) is 19.0 Å². The highest BCUT2D eigenvalue weighted by molar-refractivity contribution is 6.35. The maximum absolute atomic E-state index is 13.5. The van der Waals surface area contributed by atoms with E-state index < -0.39 is 30.4 Å². The van der Waals surface area contributed by atoms with Crippen LogP contribution in [0.25, 0.3) is 0 Å². The number of nitrogens with zero attached hydrogens (tertiary/aromatic N) is 1. The predicted molar refractivity (Wildman–Crippen MR) is 161 cm³/mol. The van der Waals surface area contributed by atoms with Gasteiger partial charge in [-0.1, -0.05) is 29.3 Å². The summed E-state index contributed by atoms with van der Waals surface area (Å²) in [7, 11) is 1.40. The van der Waals surface area contributed by atoms with Gasteiger partial charge in [0.1, 0.15) is 27.5 Å². The molecule has 3 aromatic rings. The van der Waals surface area contributed by atoms with Crippen LogP contribution < -0.4 is 24.3 Å². The molecular formula is C31H32Cl2F2N2O8. The molecule has 0 bridgehead atoms. The standard InChI is InChI=1S/C31H32Cl2F2N2O8/c1-31(2,3)45-30(39)36-23-11-19(8-9-24(23)41-4)28(38)43-26(13-20-21(32)14-37(40)15-22(20)33)18-7-10-25(44-29(34)35)27(12-18)42-16-17-5-6-17/h7-12,14-15,17,26,29H,5-6,13,16H2,1-4H3,(H,36,39). The van der Waals surface area contributed by atoms with Gasteiger partial charge in [0.05, 0.1) is 25.0 Å². The SMILES string of the molecule is COc1ccc(C(=O)OC(Cc2c(Cl)c[n+]([O-])cc2Cl)c2ccc(OC(F)F)c(OCC3CC3)c2)cc1NC(=O)OC(C)(C)C. The second-order valence-electron chi connectivity index (χ2n) is 11.3. The van der Waals surface area contributed by atoms with E-state index in [0.717, 1.165) is 25.2 Å². The minimum absolute atomic E-state index is 0.0229. The normalized spacial score (nSPS) is 13.6. The number of hydrogen-bond acceptors (Lipinski definition) is 8. The lowest BCUT2D eigenvalue weighted by Gasteiger charge is -2.22. The fourth-order valence-electron chi connectivity index (χ4n) is 4.21. The minimum Gasteiger partial charge on any atom is -0.619 e. The van der Waals surface area contributed by atoms with Crippen LogP contribution in [0, 0.1) is 11.1 Å². The van der Waals surface area contributed by atoms with E-state index in [4.69, 9.17) is 42.1 Å². The molecule has 1 aromatic heterocycles. The van der Waals surface area contributed by atoms with Gasteiger partial charge in [0, 0.05) is 12.0 Å². The van der Waals surface area contributed by atoms with Gasteiger partial charge in [-0.15, -0.1) is 0 Å². The van der Waals surface area contributed by atoms with Gasteiger partial charge < -0.3 is 28.9 Å². The van der Waals surface area contributed by atoms with Gasteiger partial charge in [-0.2, -0.15) is 13.5 Å². The fourth-order valence-corrected chi connectivity index (χ4v) is 4.80. The molecule has 242 valence electrons. The Morgan fingerprint density at radius 3 is 2.31 bits per heavy atom. The molecule has 2 aromatic carbocycles. The first kappa shape index (κ1) is 33.9. The third-order valence-electron chi connectivity index (χ3n) is 6.49. The topological polar surface area (TPSA) is 119 Å². The molecule has 10 nitrogen and oxygen atoms in total. The maximum atomic E-state index is 13.5. The Bertz CT molecular complexity index is 1520. The van der Waals surface area contributed by atoms with Gasteiger partial charge in [0.25, 0.3) is 0 Å². The summed E-state index contributed by atoms with van der Waals surface area (Å²) in [6, 6.07) is 8.44. The molecule has 45 heavy (non-hydrogen) atoms. The van der Waals surface area contributed by atoms with Gasteiger partial charge in [-0.25, -0.2) is 9.59 Å². The maximum Gasteiger partial charge on any atom is 0.412 e. The van der Waals surface area contributed by atoms with E-state index in [1.807, 2.05) is 0 Å². The van der Waals surface area contributed by atoms with Crippen LogP contribution in [0.5, 0.6) is 17.2 Å². The quantitative estimate of drug-likeness (QED) is 0.120. The lowest BCUT2D eigenvalue weighted by Crippen LogP contribution is -2.27. The number of carbonyl (C=O) groups excluding carboxylic acids is 2. The highest BCUT2D eigenvalue weighted by Gasteiger charge is 2.27. The molecule has 4 rings (SSSR count). The van der Waals surface area contributed by atoms with Gasteiger partial charge in [0.2, 0.25) is 0 Å². The fraction of sp³-hybridized carbons (Fsp3) is 0.387. The number of aromatic nitrogens is 1. The monoisotopic (exact) mass is 668 g/mol. The lowest BCUT2D eigenvalue weighted by molar-refractivity contribution is -0.605. The van der Waals surface area contributed by atoms with Crippen molar-refractivity contribution in [3.05, 3.63) is 80.7 Å². The third kappa shape index (κ3) is 9.73. The molecule has 1 unspecified atom stereocenters. The summed E-state index contributed by atoms with van der Waals surface area (Å²) in [6.07, 6.45) is 2.17. The van der Waals surface area contributed by atoms with Crippen LogP contribution in [0.1, 0.15) is 61.2 Å². The van der Waals surface area contributed by atoms with E-state index in [9.17, 15) is 23.6 Å². The summed E-state index contributed by atoms with van der Waals surface area (Å²) in [5.41, 5.74) is 0.0679. The number of ether oxygens (including phenoxy) is 5. The summed E-state index contributed by atoms with van der Waals surface area (Å²) >= 11 is 12.7. The molecule has 1 amide bonds. The molecule has 1 saturated carbocycles. The number of halogens is 4. The first-order valence-electron chi connectivity index (χ1n) is 13.9. The summed E-state index contributed by atoms with van der Waals surface area (Å²) < 4.78 is 53.7. The van der Waals surface area contributed by atoms with Gasteiger partial charge in [0.15, 0.2) is 23.9 Å². The number of amides is 1. The first-order valence-corrected chi connectivity index (χ1v) is 14.6. The second-order valence-corrected chi connectivity index (χ2v) is 12.1. The van der Waals surface area contributed by atoms with Crippen molar-refractivity contribution in [3.8, 4) is 17.2 Å². The van der Waals surface area contributed by atoms with Gasteiger partial charge >= 0.3 is 18.7 Å². The Hall–Kier alpha value is -4.03. The molecule has 1 N–H and O–H groups in total. The predicted octanol–water partition coefficient (Wildman–Crippen LogP) is 7.51. The zero-order valence-electron chi connectivity index (χ0n) is 24.9. The third-order valence-corrected chi connectivity index (χ3v) is 7.15. The van der Waals surface area contributed by atoms with E-state index in [1.54, 1.807) is 20.8 Å². The summed E-state index contributed by atoms with van der Waals surface area (Å²) in [6.45, 7) is 2.31. The zero-order chi connectivity index (χ0) is 32.9. The highest BCUT2D eigenvalue weighted by atomic mass is 35.5. The van der Waals surface area contributed by atoms with E-state index in [2.05, 4.69) is 10.1 Å². The lowest BCUT2D eigenvalue weighted by atomic mass is 10.0. The van der Waals surface area contributed by atoms with Crippen molar-refractivity contribution in [2.24, 2.45) is 5.92 Å². The summed E-state index contributed by atoms with van der Waals surface area (Å²) in [4.78, 5) is 26.0. The first-order chi connectivity index (χ1) is 21.2.